The number of hydrogen-bond acceptors (Lipinski definition) is 4. The molecule has 54 valence electrons. The number of rotatable bonds is 1. The minimum absolute atomic E-state index is 0.190. The van der Waals surface area contributed by atoms with E-state index in [1.165, 1.54) is 0 Å². The molecule has 1 aliphatic rings. The van der Waals surface area contributed by atoms with Crippen LogP contribution in [0.3, 0.4) is 0 Å². The van der Waals surface area contributed by atoms with Crippen LogP contribution in [-0.2, 0) is 0 Å². The first-order valence-corrected chi connectivity index (χ1v) is 3.16. The van der Waals surface area contributed by atoms with Crippen LogP contribution >= 0.6 is 0 Å². The molecule has 1 fully saturated rings. The molecule has 0 spiro atoms. The third-order valence-corrected chi connectivity index (χ3v) is 1.61. The first-order chi connectivity index (χ1) is 4.25. The molecule has 0 aliphatic carbocycles. The molecule has 0 bridgehead atoms. The van der Waals surface area contributed by atoms with Crippen molar-refractivity contribution in [2.24, 2.45) is 0 Å². The quantitative estimate of drug-likeness (QED) is 0.532. The average molecular weight is 132 g/mol. The molecule has 0 atom stereocenters. The van der Waals surface area contributed by atoms with Gasteiger partial charge >= 0.3 is 0 Å². The molecule has 2 N–H and O–H groups in total. The zero-order valence-electron chi connectivity index (χ0n) is 5.49. The minimum atomic E-state index is -0.190. The molecule has 0 radical (unpaired) electrons. The molecule has 0 saturated carbocycles. The van der Waals surface area contributed by atoms with Crippen LogP contribution < -0.4 is 0 Å². The first-order valence-electron chi connectivity index (χ1n) is 3.16. The van der Waals surface area contributed by atoms with Crippen LogP contribution in [0.4, 0.5) is 0 Å². The van der Waals surface area contributed by atoms with Gasteiger partial charge in [0, 0.05) is 13.1 Å². The molecule has 1 rings (SSSR count). The van der Waals surface area contributed by atoms with Crippen molar-refractivity contribution in [1.82, 2.24) is 10.1 Å². The van der Waals surface area contributed by atoms with Crippen molar-refractivity contribution in [2.45, 2.75) is 19.5 Å². The van der Waals surface area contributed by atoms with Crippen LogP contribution in [0.25, 0.3) is 0 Å². The second-order valence-corrected chi connectivity index (χ2v) is 2.22. The molecule has 1 heterocycles. The van der Waals surface area contributed by atoms with Gasteiger partial charge in [0.25, 0.3) is 0 Å². The summed E-state index contributed by atoms with van der Waals surface area (Å²) < 4.78 is 0. The van der Waals surface area contributed by atoms with Crippen LogP contribution in [0.1, 0.15) is 13.3 Å². The lowest BCUT2D eigenvalue weighted by Gasteiger charge is -2.19. The van der Waals surface area contributed by atoms with Crippen LogP contribution in [-0.4, -0.2) is 39.8 Å². The molecular formula is C5H12N2O2. The second-order valence-electron chi connectivity index (χ2n) is 2.22. The fraction of sp³-hybridized carbons (Fsp3) is 1.00. The Hall–Kier alpha value is -0.160. The van der Waals surface area contributed by atoms with Crippen LogP contribution in [0, 0.1) is 0 Å². The van der Waals surface area contributed by atoms with Gasteiger partial charge in [-0.1, -0.05) is 6.92 Å². The van der Waals surface area contributed by atoms with Gasteiger partial charge < -0.3 is 10.4 Å². The van der Waals surface area contributed by atoms with Gasteiger partial charge in [-0.2, -0.15) is 10.1 Å². The molecule has 0 unspecified atom stereocenters. The summed E-state index contributed by atoms with van der Waals surface area (Å²) >= 11 is 0. The van der Waals surface area contributed by atoms with Crippen molar-refractivity contribution in [3.63, 3.8) is 0 Å². The zero-order valence-corrected chi connectivity index (χ0v) is 5.49. The molecule has 0 aromatic rings. The Kier molecular flexibility index (Phi) is 2.02. The fourth-order valence-electron chi connectivity index (χ4n) is 1.08. The summed E-state index contributed by atoms with van der Waals surface area (Å²) in [7, 11) is 0. The summed E-state index contributed by atoms with van der Waals surface area (Å²) in [6, 6.07) is 0. The summed E-state index contributed by atoms with van der Waals surface area (Å²) in [5, 5.41) is 20.3. The Bertz CT molecular complexity index is 89.0. The highest BCUT2D eigenvalue weighted by molar-refractivity contribution is 4.67. The van der Waals surface area contributed by atoms with Crippen molar-refractivity contribution >= 4 is 0 Å². The average Bonchev–Trinajstić information content (AvgIpc) is 2.12. The summed E-state index contributed by atoms with van der Waals surface area (Å²) in [5.74, 6) is 0. The van der Waals surface area contributed by atoms with Crippen molar-refractivity contribution < 1.29 is 10.4 Å². The molecule has 9 heavy (non-hydrogen) atoms. The van der Waals surface area contributed by atoms with E-state index in [0.29, 0.717) is 13.1 Å². The highest BCUT2D eigenvalue weighted by atomic mass is 16.6. The molecule has 0 aromatic carbocycles. The van der Waals surface area contributed by atoms with Crippen LogP contribution in [0.5, 0.6) is 0 Å². The van der Waals surface area contributed by atoms with Gasteiger partial charge in [0.05, 0.1) is 0 Å². The maximum Gasteiger partial charge on any atom is 0.110 e. The third-order valence-electron chi connectivity index (χ3n) is 1.61. The highest BCUT2D eigenvalue weighted by Crippen LogP contribution is 2.11. The molecule has 1 saturated heterocycles. The fourth-order valence-corrected chi connectivity index (χ4v) is 1.08. The maximum absolute atomic E-state index is 8.99. The van der Waals surface area contributed by atoms with Gasteiger partial charge in [-0.25, -0.2) is 0 Å². The number of nitrogens with zero attached hydrogens (tertiary/aromatic N) is 2. The topological polar surface area (TPSA) is 46.9 Å². The van der Waals surface area contributed by atoms with E-state index in [9.17, 15) is 0 Å². The van der Waals surface area contributed by atoms with Gasteiger partial charge in [0.15, 0.2) is 0 Å². The minimum Gasteiger partial charge on any atom is -0.312 e. The molecule has 4 nitrogen and oxygen atoms in total. The Labute approximate surface area is 54.2 Å². The maximum atomic E-state index is 8.99. The lowest BCUT2D eigenvalue weighted by Crippen LogP contribution is -2.34. The van der Waals surface area contributed by atoms with Gasteiger partial charge in [0.2, 0.25) is 0 Å². The summed E-state index contributed by atoms with van der Waals surface area (Å²) in [6.07, 6.45) is 0.553. The molecular weight excluding hydrogens is 120 g/mol. The van der Waals surface area contributed by atoms with Gasteiger partial charge in [-0.05, 0) is 6.42 Å². The Morgan fingerprint density at radius 1 is 1.33 bits per heavy atom. The highest BCUT2D eigenvalue weighted by Gasteiger charge is 2.27. The smallest absolute Gasteiger partial charge is 0.110 e. The predicted molar refractivity (Wildman–Crippen MR) is 31.1 cm³/mol. The van der Waals surface area contributed by atoms with E-state index in [0.717, 1.165) is 16.5 Å². The van der Waals surface area contributed by atoms with E-state index >= 15 is 0 Å². The van der Waals surface area contributed by atoms with Crippen LogP contribution in [0.15, 0.2) is 0 Å². The standard InChI is InChI=1S/C5H12N2O2/c1-2-5-6(8)3-4-7(5)9/h5,8-9H,2-4H2,1H3. The largest absolute Gasteiger partial charge is 0.312 e. The van der Waals surface area contributed by atoms with Crippen molar-refractivity contribution in [2.75, 3.05) is 13.1 Å². The monoisotopic (exact) mass is 132 g/mol. The normalized spacial score (nSPS) is 25.7. The van der Waals surface area contributed by atoms with Crippen molar-refractivity contribution in [3.8, 4) is 0 Å². The molecule has 0 amide bonds. The van der Waals surface area contributed by atoms with Gasteiger partial charge in [-0.15, -0.1) is 0 Å². The molecule has 4 heteroatoms. The summed E-state index contributed by atoms with van der Waals surface area (Å²) in [4.78, 5) is 0. The van der Waals surface area contributed by atoms with E-state index < -0.39 is 0 Å². The van der Waals surface area contributed by atoms with E-state index in [2.05, 4.69) is 0 Å². The van der Waals surface area contributed by atoms with E-state index in [1.807, 2.05) is 6.92 Å². The zero-order chi connectivity index (χ0) is 6.85. The third kappa shape index (κ3) is 1.21. The lowest BCUT2D eigenvalue weighted by atomic mass is 10.4. The summed E-state index contributed by atoms with van der Waals surface area (Å²) in [6.45, 7) is 2.99. The first kappa shape index (κ1) is 6.95. The lowest BCUT2D eigenvalue weighted by molar-refractivity contribution is -0.195. The SMILES string of the molecule is CCC1N(O)CCN1O. The van der Waals surface area contributed by atoms with Crippen molar-refractivity contribution in [3.05, 3.63) is 0 Å². The Balaban J connectivity index is 2.44. The Morgan fingerprint density at radius 2 is 1.78 bits per heavy atom. The Morgan fingerprint density at radius 3 is 2.00 bits per heavy atom. The second kappa shape index (κ2) is 2.62. The van der Waals surface area contributed by atoms with Gasteiger partial charge in [-0.3, -0.25) is 0 Å². The summed E-state index contributed by atoms with van der Waals surface area (Å²) in [5.41, 5.74) is 0. The molecule has 1 aliphatic heterocycles. The predicted octanol–water partition coefficient (Wildman–Crippen LogP) is 0.119. The van der Waals surface area contributed by atoms with Crippen molar-refractivity contribution in [1.29, 1.82) is 0 Å². The van der Waals surface area contributed by atoms with E-state index in [4.69, 9.17) is 10.4 Å². The van der Waals surface area contributed by atoms with Crippen LogP contribution in [0.2, 0.25) is 0 Å². The van der Waals surface area contributed by atoms with E-state index in [1.54, 1.807) is 0 Å². The molecule has 0 aromatic heterocycles. The number of hydroxylamine groups is 4. The number of hydrogen-bond donors (Lipinski definition) is 2. The van der Waals surface area contributed by atoms with Gasteiger partial charge in [0.1, 0.15) is 6.17 Å². The van der Waals surface area contributed by atoms with E-state index in [-0.39, 0.29) is 6.17 Å².